The van der Waals surface area contributed by atoms with Crippen molar-refractivity contribution in [2.75, 3.05) is 0 Å². The van der Waals surface area contributed by atoms with E-state index in [0.29, 0.717) is 10.7 Å². The highest BCUT2D eigenvalue weighted by Crippen LogP contribution is 2.11. The number of rotatable bonds is 3. The molecule has 1 rings (SSSR count). The van der Waals surface area contributed by atoms with Gasteiger partial charge < -0.3 is 5.11 Å². The van der Waals surface area contributed by atoms with E-state index in [1.807, 2.05) is 0 Å². The van der Waals surface area contributed by atoms with E-state index < -0.39 is 5.97 Å². The first-order valence-corrected chi connectivity index (χ1v) is 5.76. The Hall–Kier alpha value is -0.420. The largest absolute Gasteiger partial charge is 0.478 e. The molecule has 0 spiro atoms. The Kier molecular flexibility index (Phi) is 3.87. The van der Waals surface area contributed by atoms with Gasteiger partial charge in [-0.1, -0.05) is 31.9 Å². The van der Waals surface area contributed by atoms with Crippen LogP contribution in [0.3, 0.4) is 0 Å². The molecule has 3 nitrogen and oxygen atoms in total. The molecule has 0 unspecified atom stereocenters. The van der Waals surface area contributed by atoms with Crippen molar-refractivity contribution in [3.05, 3.63) is 29.1 Å². The molecule has 0 radical (unpaired) electrons. The monoisotopic (exact) mass is 307 g/mol. The van der Waals surface area contributed by atoms with Crippen LogP contribution in [0.4, 0.5) is 0 Å². The summed E-state index contributed by atoms with van der Waals surface area (Å²) in [6.45, 7) is 0. The maximum atomic E-state index is 10.7. The molecular formula is C8H7Br2NO2. The summed E-state index contributed by atoms with van der Waals surface area (Å²) in [6, 6.07) is 3.12. The number of pyridine rings is 1. The molecule has 0 fully saturated rings. The number of carboxylic acid groups (broad SMARTS) is 1. The Morgan fingerprint density at radius 2 is 1.77 bits per heavy atom. The van der Waals surface area contributed by atoms with Crippen LogP contribution < -0.4 is 0 Å². The van der Waals surface area contributed by atoms with Gasteiger partial charge in [-0.25, -0.2) is 4.79 Å². The van der Waals surface area contributed by atoms with E-state index in [9.17, 15) is 4.79 Å². The summed E-state index contributed by atoms with van der Waals surface area (Å²) in [7, 11) is 0. The normalized spacial score (nSPS) is 10.0. The molecule has 1 aromatic heterocycles. The minimum Gasteiger partial charge on any atom is -0.478 e. The van der Waals surface area contributed by atoms with Gasteiger partial charge in [0.2, 0.25) is 0 Å². The summed E-state index contributed by atoms with van der Waals surface area (Å²) >= 11 is 6.47. The van der Waals surface area contributed by atoms with Crippen LogP contribution in [0.25, 0.3) is 0 Å². The minimum absolute atomic E-state index is 0.277. The molecule has 5 heteroatoms. The first kappa shape index (κ1) is 10.7. The molecule has 0 aromatic carbocycles. The van der Waals surface area contributed by atoms with Gasteiger partial charge in [0.1, 0.15) is 0 Å². The van der Waals surface area contributed by atoms with Crippen molar-refractivity contribution in [3.63, 3.8) is 0 Å². The van der Waals surface area contributed by atoms with Gasteiger partial charge >= 0.3 is 5.97 Å². The Morgan fingerprint density at radius 3 is 2.08 bits per heavy atom. The van der Waals surface area contributed by atoms with Crippen LogP contribution in [-0.2, 0) is 10.7 Å². The highest BCUT2D eigenvalue weighted by molar-refractivity contribution is 9.08. The van der Waals surface area contributed by atoms with Crippen LogP contribution in [-0.4, -0.2) is 16.1 Å². The molecule has 0 bridgehead atoms. The van der Waals surface area contributed by atoms with Gasteiger partial charge in [0.05, 0.1) is 17.0 Å². The van der Waals surface area contributed by atoms with Gasteiger partial charge in [-0.05, 0) is 12.1 Å². The fourth-order valence-corrected chi connectivity index (χ4v) is 1.48. The van der Waals surface area contributed by atoms with Crippen molar-refractivity contribution in [1.82, 2.24) is 4.98 Å². The van der Waals surface area contributed by atoms with Crippen molar-refractivity contribution < 1.29 is 9.90 Å². The molecule has 1 N–H and O–H groups in total. The third-order valence-corrected chi connectivity index (χ3v) is 2.60. The first-order valence-electron chi connectivity index (χ1n) is 3.52. The van der Waals surface area contributed by atoms with E-state index in [4.69, 9.17) is 5.11 Å². The molecule has 0 aliphatic carbocycles. The Labute approximate surface area is 92.4 Å². The molecule has 0 saturated heterocycles. The molecule has 0 saturated carbocycles. The lowest BCUT2D eigenvalue weighted by atomic mass is 10.2. The molecule has 0 aliphatic heterocycles. The molecule has 1 aromatic rings. The number of aromatic carboxylic acids is 1. The number of carboxylic acids is 1. The van der Waals surface area contributed by atoms with Crippen LogP contribution in [0.15, 0.2) is 12.1 Å². The zero-order valence-electron chi connectivity index (χ0n) is 6.63. The Balaban J connectivity index is 3.14. The number of hydrogen-bond donors (Lipinski definition) is 1. The van der Waals surface area contributed by atoms with Crippen LogP contribution in [0.5, 0.6) is 0 Å². The zero-order chi connectivity index (χ0) is 9.84. The van der Waals surface area contributed by atoms with E-state index in [1.54, 1.807) is 12.1 Å². The van der Waals surface area contributed by atoms with Gasteiger partial charge in [0.15, 0.2) is 0 Å². The number of hydrogen-bond acceptors (Lipinski definition) is 2. The van der Waals surface area contributed by atoms with Crippen LogP contribution in [0, 0.1) is 0 Å². The summed E-state index contributed by atoms with van der Waals surface area (Å²) in [6.07, 6.45) is 0. The summed E-state index contributed by atoms with van der Waals surface area (Å²) in [5.74, 6) is -0.924. The molecule has 13 heavy (non-hydrogen) atoms. The summed E-state index contributed by atoms with van der Waals surface area (Å²) in [5, 5.41) is 9.89. The predicted molar refractivity (Wildman–Crippen MR) is 56.5 cm³/mol. The molecule has 0 amide bonds. The van der Waals surface area contributed by atoms with E-state index in [2.05, 4.69) is 36.8 Å². The lowest BCUT2D eigenvalue weighted by Crippen LogP contribution is -2.01. The third-order valence-electron chi connectivity index (χ3n) is 1.45. The SMILES string of the molecule is O=C(O)c1cc(CBr)nc(CBr)c1. The van der Waals surface area contributed by atoms with Crippen molar-refractivity contribution in [2.24, 2.45) is 0 Å². The molecule has 0 aliphatic rings. The maximum Gasteiger partial charge on any atom is 0.335 e. The van der Waals surface area contributed by atoms with E-state index >= 15 is 0 Å². The fourth-order valence-electron chi connectivity index (χ4n) is 0.910. The fraction of sp³-hybridized carbons (Fsp3) is 0.250. The zero-order valence-corrected chi connectivity index (χ0v) is 9.80. The van der Waals surface area contributed by atoms with Gasteiger partial charge in [-0.15, -0.1) is 0 Å². The standard InChI is InChI=1S/C8H7Br2NO2/c9-3-6-1-5(8(12)13)2-7(4-10)11-6/h1-2H,3-4H2,(H,12,13). The van der Waals surface area contributed by atoms with Crippen molar-refractivity contribution in [2.45, 2.75) is 10.7 Å². The topological polar surface area (TPSA) is 50.2 Å². The second kappa shape index (κ2) is 4.72. The lowest BCUT2D eigenvalue weighted by molar-refractivity contribution is 0.0696. The number of carbonyl (C=O) groups is 1. The molecule has 70 valence electrons. The van der Waals surface area contributed by atoms with E-state index in [0.717, 1.165) is 11.4 Å². The maximum absolute atomic E-state index is 10.7. The van der Waals surface area contributed by atoms with E-state index in [1.165, 1.54) is 0 Å². The number of alkyl halides is 2. The van der Waals surface area contributed by atoms with Crippen LogP contribution in [0.2, 0.25) is 0 Å². The average Bonchev–Trinajstić information content (AvgIpc) is 2.16. The van der Waals surface area contributed by atoms with Gasteiger partial charge in [0, 0.05) is 10.7 Å². The minimum atomic E-state index is -0.924. The molecular weight excluding hydrogens is 302 g/mol. The van der Waals surface area contributed by atoms with Crippen molar-refractivity contribution in [3.8, 4) is 0 Å². The Morgan fingerprint density at radius 1 is 1.31 bits per heavy atom. The van der Waals surface area contributed by atoms with E-state index in [-0.39, 0.29) is 5.56 Å². The number of nitrogens with zero attached hydrogens (tertiary/aromatic N) is 1. The van der Waals surface area contributed by atoms with Gasteiger partial charge in [0.25, 0.3) is 0 Å². The van der Waals surface area contributed by atoms with Crippen molar-refractivity contribution in [1.29, 1.82) is 0 Å². The van der Waals surface area contributed by atoms with Crippen molar-refractivity contribution >= 4 is 37.8 Å². The highest BCUT2D eigenvalue weighted by Gasteiger charge is 2.06. The first-order chi connectivity index (χ1) is 6.17. The second-order valence-electron chi connectivity index (χ2n) is 2.41. The summed E-state index contributed by atoms with van der Waals surface area (Å²) < 4.78 is 0. The summed E-state index contributed by atoms with van der Waals surface area (Å²) in [5.41, 5.74) is 1.74. The van der Waals surface area contributed by atoms with Crippen LogP contribution >= 0.6 is 31.9 Å². The van der Waals surface area contributed by atoms with Gasteiger partial charge in [-0.3, -0.25) is 4.98 Å². The van der Waals surface area contributed by atoms with Gasteiger partial charge in [-0.2, -0.15) is 0 Å². The smallest absolute Gasteiger partial charge is 0.335 e. The highest BCUT2D eigenvalue weighted by atomic mass is 79.9. The third kappa shape index (κ3) is 2.77. The Bertz CT molecular complexity index is 306. The average molecular weight is 309 g/mol. The second-order valence-corrected chi connectivity index (χ2v) is 3.53. The number of halogens is 2. The molecule has 1 heterocycles. The predicted octanol–water partition coefficient (Wildman–Crippen LogP) is 2.57. The van der Waals surface area contributed by atoms with Crippen LogP contribution in [0.1, 0.15) is 21.7 Å². The quantitative estimate of drug-likeness (QED) is 0.873. The lowest BCUT2D eigenvalue weighted by Gasteiger charge is -2.01. The summed E-state index contributed by atoms with van der Waals surface area (Å²) in [4.78, 5) is 14.9. The number of aromatic nitrogens is 1. The molecule has 0 atom stereocenters.